The van der Waals surface area contributed by atoms with Gasteiger partial charge in [-0.2, -0.15) is 0 Å². The maximum Gasteiger partial charge on any atom is 0.341 e. The lowest BCUT2D eigenvalue weighted by Crippen LogP contribution is -2.28. The highest BCUT2D eigenvalue weighted by atomic mass is 79.9. The normalized spacial score (nSPS) is 15.9. The molecule has 1 unspecified atom stereocenters. The second-order valence-corrected chi connectivity index (χ2v) is 10.2. The van der Waals surface area contributed by atoms with Crippen LogP contribution in [0.15, 0.2) is 35.1 Å². The van der Waals surface area contributed by atoms with Crippen molar-refractivity contribution in [3.8, 4) is 0 Å². The van der Waals surface area contributed by atoms with Crippen molar-refractivity contribution in [3.05, 3.63) is 57.0 Å². The molecule has 0 bridgehead atoms. The minimum atomic E-state index is -0.423. The molecule has 4 aromatic rings. The second kappa shape index (κ2) is 9.12. The van der Waals surface area contributed by atoms with Crippen molar-refractivity contribution in [2.45, 2.75) is 32.7 Å². The van der Waals surface area contributed by atoms with Crippen molar-refractivity contribution in [3.63, 3.8) is 0 Å². The minimum Gasteiger partial charge on any atom is -0.462 e. The Bertz CT molecular complexity index is 1350. The first-order valence-electron chi connectivity index (χ1n) is 10.9. The largest absolute Gasteiger partial charge is 0.462 e. The Morgan fingerprint density at radius 3 is 2.91 bits per heavy atom. The molecule has 0 aromatic carbocycles. The maximum atomic E-state index is 15.2. The summed E-state index contributed by atoms with van der Waals surface area (Å²) in [5.41, 5.74) is 3.22. The van der Waals surface area contributed by atoms with Gasteiger partial charge in [-0.3, -0.25) is 9.97 Å². The molecule has 1 fully saturated rings. The molecule has 4 aromatic heterocycles. The summed E-state index contributed by atoms with van der Waals surface area (Å²) in [6.45, 7) is 5.19. The van der Waals surface area contributed by atoms with Gasteiger partial charge in [-0.1, -0.05) is 0 Å². The van der Waals surface area contributed by atoms with E-state index in [1.54, 1.807) is 25.4 Å². The predicted octanol–water partition coefficient (Wildman–Crippen LogP) is 6.05. The van der Waals surface area contributed by atoms with Gasteiger partial charge in [0.25, 0.3) is 0 Å². The van der Waals surface area contributed by atoms with E-state index in [2.05, 4.69) is 30.5 Å². The zero-order valence-electron chi connectivity index (χ0n) is 18.3. The lowest BCUT2D eigenvalue weighted by Gasteiger charge is -2.32. The van der Waals surface area contributed by atoms with Crippen molar-refractivity contribution in [1.29, 1.82) is 0 Å². The molecule has 0 saturated carbocycles. The quantitative estimate of drug-likeness (QED) is 0.293. The van der Waals surface area contributed by atoms with Gasteiger partial charge in [0.1, 0.15) is 11.3 Å². The van der Waals surface area contributed by atoms with Crippen LogP contribution in [0.3, 0.4) is 0 Å². The molecule has 5 heterocycles. The van der Waals surface area contributed by atoms with Crippen molar-refractivity contribution < 1.29 is 18.7 Å². The number of halogens is 2. The first-order valence-corrected chi connectivity index (χ1v) is 12.6. The molecular weight excluding hydrogens is 509 g/mol. The summed E-state index contributed by atoms with van der Waals surface area (Å²) in [6.07, 6.45) is 4.89. The Morgan fingerprint density at radius 2 is 2.18 bits per heavy atom. The van der Waals surface area contributed by atoms with E-state index in [1.165, 1.54) is 17.4 Å². The third kappa shape index (κ3) is 3.86. The summed E-state index contributed by atoms with van der Waals surface area (Å²) in [4.78, 5) is 23.1. The summed E-state index contributed by atoms with van der Waals surface area (Å²) in [6, 6.07) is 4.59. The average Bonchev–Trinajstić information content (AvgIpc) is 3.29. The molecule has 0 amide bonds. The molecule has 0 spiro atoms. The molecular formula is C24H23BrFN3O3S. The Morgan fingerprint density at radius 1 is 1.39 bits per heavy atom. The molecule has 9 heteroatoms. The van der Waals surface area contributed by atoms with Crippen LogP contribution in [0.1, 0.15) is 46.7 Å². The van der Waals surface area contributed by atoms with Crippen LogP contribution in [-0.4, -0.2) is 40.3 Å². The Labute approximate surface area is 202 Å². The number of thiophene rings is 1. The third-order valence-electron chi connectivity index (χ3n) is 6.15. The van der Waals surface area contributed by atoms with Gasteiger partial charge in [-0.25, -0.2) is 9.18 Å². The molecule has 1 aliphatic rings. The Kier molecular flexibility index (Phi) is 6.20. The number of pyridine rings is 2. The van der Waals surface area contributed by atoms with E-state index >= 15 is 4.39 Å². The highest BCUT2D eigenvalue weighted by Crippen LogP contribution is 2.45. The molecule has 1 saturated heterocycles. The van der Waals surface area contributed by atoms with Gasteiger partial charge in [-0.15, -0.1) is 11.3 Å². The van der Waals surface area contributed by atoms with E-state index in [0.29, 0.717) is 24.5 Å². The van der Waals surface area contributed by atoms with E-state index in [0.717, 1.165) is 43.4 Å². The van der Waals surface area contributed by atoms with Crippen LogP contribution < -0.4 is 0 Å². The number of aryl methyl sites for hydroxylation is 1. The molecule has 5 rings (SSSR count). The number of esters is 1. The zero-order valence-corrected chi connectivity index (χ0v) is 20.7. The van der Waals surface area contributed by atoms with Gasteiger partial charge < -0.3 is 14.0 Å². The lowest BCUT2D eigenvalue weighted by atomic mass is 9.88. The van der Waals surface area contributed by atoms with E-state index in [1.807, 2.05) is 13.0 Å². The highest BCUT2D eigenvalue weighted by Gasteiger charge is 2.35. The molecule has 0 radical (unpaired) electrons. The number of nitrogens with zero attached hydrogens (tertiary/aromatic N) is 3. The molecule has 0 N–H and O–H groups in total. The zero-order chi connectivity index (χ0) is 23.1. The number of hydrogen-bond donors (Lipinski definition) is 0. The maximum absolute atomic E-state index is 15.2. The average molecular weight is 532 g/mol. The molecule has 1 atom stereocenters. The number of carbonyl (C=O) groups excluding carboxylic acids is 1. The van der Waals surface area contributed by atoms with Gasteiger partial charge in [0.15, 0.2) is 0 Å². The number of ether oxygens (including phenoxy) is 2. The fourth-order valence-electron chi connectivity index (χ4n) is 4.77. The minimum absolute atomic E-state index is 0.0798. The van der Waals surface area contributed by atoms with Crippen molar-refractivity contribution in [2.24, 2.45) is 5.92 Å². The lowest BCUT2D eigenvalue weighted by molar-refractivity contribution is 0.0519. The Balaban J connectivity index is 1.88. The summed E-state index contributed by atoms with van der Waals surface area (Å²) in [7, 11) is 0. The van der Waals surface area contributed by atoms with Crippen LogP contribution in [0.2, 0.25) is 0 Å². The number of rotatable bonds is 5. The topological polar surface area (TPSA) is 66.2 Å². The van der Waals surface area contributed by atoms with Crippen molar-refractivity contribution in [2.75, 3.05) is 19.8 Å². The number of hydrogen-bond acceptors (Lipinski definition) is 6. The van der Waals surface area contributed by atoms with Crippen LogP contribution in [0.4, 0.5) is 4.39 Å². The molecule has 0 aliphatic carbocycles. The second-order valence-electron chi connectivity index (χ2n) is 8.09. The summed E-state index contributed by atoms with van der Waals surface area (Å²) >= 11 is 5.06. The molecule has 1 aliphatic heterocycles. The highest BCUT2D eigenvalue weighted by molar-refractivity contribution is 9.10. The van der Waals surface area contributed by atoms with E-state index in [9.17, 15) is 4.79 Å². The van der Waals surface area contributed by atoms with Gasteiger partial charge in [0.05, 0.1) is 39.6 Å². The molecule has 6 nitrogen and oxygen atoms in total. The summed E-state index contributed by atoms with van der Waals surface area (Å²) < 4.78 is 30.0. The van der Waals surface area contributed by atoms with Gasteiger partial charge in [0.2, 0.25) is 0 Å². The Hall–Kier alpha value is -2.36. The molecule has 172 valence electrons. The van der Waals surface area contributed by atoms with Crippen LogP contribution >= 0.6 is 27.3 Å². The number of aromatic nitrogens is 3. The van der Waals surface area contributed by atoms with Crippen molar-refractivity contribution >= 4 is 54.5 Å². The fourth-order valence-corrected chi connectivity index (χ4v) is 6.23. The van der Waals surface area contributed by atoms with Gasteiger partial charge in [0, 0.05) is 35.0 Å². The SMILES string of the molecule is CCOC(=O)c1c(C)sc2c3ncc(Br)cc3n(C(c3ncccc3F)C3CCOCC3)c12. The smallest absolute Gasteiger partial charge is 0.341 e. The monoisotopic (exact) mass is 531 g/mol. The molecule has 33 heavy (non-hydrogen) atoms. The predicted molar refractivity (Wildman–Crippen MR) is 129 cm³/mol. The first-order chi connectivity index (χ1) is 16.0. The third-order valence-corrected chi connectivity index (χ3v) is 7.68. The first kappa shape index (κ1) is 22.4. The van der Waals surface area contributed by atoms with E-state index in [-0.39, 0.29) is 24.3 Å². The van der Waals surface area contributed by atoms with E-state index in [4.69, 9.17) is 9.47 Å². The van der Waals surface area contributed by atoms with E-state index < -0.39 is 6.04 Å². The van der Waals surface area contributed by atoms with Crippen LogP contribution in [0.25, 0.3) is 21.3 Å². The fraction of sp³-hybridized carbons (Fsp3) is 0.375. The van der Waals surface area contributed by atoms with Crippen LogP contribution in [0, 0.1) is 18.7 Å². The summed E-state index contributed by atoms with van der Waals surface area (Å²) in [5, 5.41) is 0. The van der Waals surface area contributed by atoms with Crippen molar-refractivity contribution in [1.82, 2.24) is 14.5 Å². The summed E-state index contributed by atoms with van der Waals surface area (Å²) in [5.74, 6) is -0.663. The van der Waals surface area contributed by atoms with Gasteiger partial charge >= 0.3 is 5.97 Å². The standard InChI is InChI=1S/C24H23BrFN3O3S/c1-3-32-24(30)18-13(2)33-23-20-17(11-15(25)12-28-20)29(22(18)23)21(14-6-9-31-10-7-14)19-16(26)5-4-8-27-19/h4-5,8,11-12,14,21H,3,6-7,9-10H2,1-2H3. The van der Waals surface area contributed by atoms with Gasteiger partial charge in [-0.05, 0) is 66.7 Å². The van der Waals surface area contributed by atoms with Crippen LogP contribution in [-0.2, 0) is 9.47 Å². The van der Waals surface area contributed by atoms with Crippen LogP contribution in [0.5, 0.6) is 0 Å². The number of carbonyl (C=O) groups is 1. The number of fused-ring (bicyclic) bond motifs is 3.